The highest BCUT2D eigenvalue weighted by molar-refractivity contribution is 7.86. The molecular formula is C19H27N7O3S. The highest BCUT2D eigenvalue weighted by Gasteiger charge is 2.35. The maximum absolute atomic E-state index is 13.0. The Bertz CT molecular complexity index is 992. The van der Waals surface area contributed by atoms with Gasteiger partial charge in [-0.3, -0.25) is 4.79 Å². The van der Waals surface area contributed by atoms with Crippen LogP contribution in [0.25, 0.3) is 5.82 Å². The molecule has 162 valence electrons. The average molecular weight is 434 g/mol. The van der Waals surface area contributed by atoms with Crippen LogP contribution in [0.5, 0.6) is 0 Å². The van der Waals surface area contributed by atoms with Crippen LogP contribution in [0.2, 0.25) is 0 Å². The molecule has 2 fully saturated rings. The smallest absolute Gasteiger partial charge is 0.282 e. The molecule has 0 atom stereocenters. The third-order valence-electron chi connectivity index (χ3n) is 5.75. The first-order chi connectivity index (χ1) is 14.4. The lowest BCUT2D eigenvalue weighted by Crippen LogP contribution is -2.57. The van der Waals surface area contributed by atoms with Crippen LogP contribution in [0.3, 0.4) is 0 Å². The molecule has 10 nitrogen and oxygen atoms in total. The number of amides is 1. The minimum Gasteiger partial charge on any atom is -0.336 e. The Labute approximate surface area is 176 Å². The fourth-order valence-electron chi connectivity index (χ4n) is 3.80. The van der Waals surface area contributed by atoms with Gasteiger partial charge in [-0.1, -0.05) is 6.07 Å². The molecule has 0 N–H and O–H groups in total. The lowest BCUT2D eigenvalue weighted by Gasteiger charge is -2.39. The Balaban J connectivity index is 1.41. The number of likely N-dealkylation sites (N-methyl/N-ethyl adjacent to an activating group) is 1. The summed E-state index contributed by atoms with van der Waals surface area (Å²) in [7, 11) is -1.49. The molecule has 2 saturated heterocycles. The van der Waals surface area contributed by atoms with Gasteiger partial charge in [-0.2, -0.15) is 22.1 Å². The largest absolute Gasteiger partial charge is 0.336 e. The molecule has 4 rings (SSSR count). The van der Waals surface area contributed by atoms with E-state index >= 15 is 0 Å². The van der Waals surface area contributed by atoms with Crippen molar-refractivity contribution in [2.45, 2.75) is 6.92 Å². The molecule has 11 heteroatoms. The fraction of sp³-hybridized carbons (Fsp3) is 0.526. The molecule has 0 unspecified atom stereocenters. The molecule has 0 aliphatic carbocycles. The quantitative estimate of drug-likeness (QED) is 0.664. The number of aromatic nitrogens is 3. The number of hydrogen-bond donors (Lipinski definition) is 0. The lowest BCUT2D eigenvalue weighted by atomic mass is 10.2. The minimum atomic E-state index is -3.49. The Hall–Kier alpha value is -2.34. The van der Waals surface area contributed by atoms with E-state index in [-0.39, 0.29) is 5.91 Å². The van der Waals surface area contributed by atoms with Gasteiger partial charge >= 0.3 is 0 Å². The summed E-state index contributed by atoms with van der Waals surface area (Å²) in [6.45, 7) is 5.63. The van der Waals surface area contributed by atoms with Crippen LogP contribution < -0.4 is 0 Å². The van der Waals surface area contributed by atoms with Crippen molar-refractivity contribution in [2.24, 2.45) is 0 Å². The Kier molecular flexibility index (Phi) is 5.87. The van der Waals surface area contributed by atoms with E-state index in [1.54, 1.807) is 26.3 Å². The van der Waals surface area contributed by atoms with Crippen LogP contribution in [0.4, 0.5) is 0 Å². The second kappa shape index (κ2) is 8.42. The molecule has 4 heterocycles. The summed E-state index contributed by atoms with van der Waals surface area (Å²) in [5.74, 6) is 0.517. The first-order valence-corrected chi connectivity index (χ1v) is 11.5. The number of pyridine rings is 1. The van der Waals surface area contributed by atoms with E-state index in [2.05, 4.69) is 15.0 Å². The zero-order valence-corrected chi connectivity index (χ0v) is 18.1. The van der Waals surface area contributed by atoms with E-state index in [1.807, 2.05) is 32.2 Å². The maximum atomic E-state index is 13.0. The molecule has 0 saturated carbocycles. The van der Waals surface area contributed by atoms with Crippen LogP contribution in [-0.2, 0) is 10.2 Å². The van der Waals surface area contributed by atoms with Gasteiger partial charge in [0.25, 0.3) is 16.1 Å². The normalized spacial score (nSPS) is 19.9. The predicted octanol–water partition coefficient (Wildman–Crippen LogP) is -0.174. The highest BCUT2D eigenvalue weighted by Crippen LogP contribution is 2.18. The molecule has 0 spiro atoms. The molecule has 2 aliphatic heterocycles. The van der Waals surface area contributed by atoms with Crippen LogP contribution in [-0.4, -0.2) is 107 Å². The van der Waals surface area contributed by atoms with Crippen molar-refractivity contribution in [2.75, 3.05) is 59.4 Å². The van der Waals surface area contributed by atoms with E-state index in [1.165, 1.54) is 4.31 Å². The van der Waals surface area contributed by atoms with E-state index < -0.39 is 10.2 Å². The molecule has 1 amide bonds. The first-order valence-electron chi connectivity index (χ1n) is 10.1. The molecule has 2 aromatic heterocycles. The topological polar surface area (TPSA) is 94.9 Å². The molecule has 0 bridgehead atoms. The predicted molar refractivity (Wildman–Crippen MR) is 112 cm³/mol. The van der Waals surface area contributed by atoms with E-state index in [0.29, 0.717) is 56.3 Å². The second-order valence-electron chi connectivity index (χ2n) is 7.64. The van der Waals surface area contributed by atoms with Crippen LogP contribution >= 0.6 is 0 Å². The Morgan fingerprint density at radius 3 is 2.20 bits per heavy atom. The summed E-state index contributed by atoms with van der Waals surface area (Å²) >= 11 is 0. The standard InChI is InChI=1S/C19H27N7O3S/c1-16-17(15-21-26(16)18-5-3-4-6-20-18)19(27)23-9-13-25(14-10-23)30(28,29)24-11-7-22(2)8-12-24/h3-6,15H,7-14H2,1-2H3. The number of carbonyl (C=O) groups excluding carboxylic acids is 1. The highest BCUT2D eigenvalue weighted by atomic mass is 32.2. The molecule has 2 aromatic rings. The van der Waals surface area contributed by atoms with Crippen molar-refractivity contribution in [3.8, 4) is 5.82 Å². The van der Waals surface area contributed by atoms with Gasteiger partial charge in [-0.25, -0.2) is 9.67 Å². The van der Waals surface area contributed by atoms with Gasteiger partial charge in [-0.15, -0.1) is 0 Å². The van der Waals surface area contributed by atoms with E-state index in [4.69, 9.17) is 0 Å². The van der Waals surface area contributed by atoms with Gasteiger partial charge in [0.1, 0.15) is 0 Å². The fourth-order valence-corrected chi connectivity index (χ4v) is 5.38. The summed E-state index contributed by atoms with van der Waals surface area (Å²) < 4.78 is 30.5. The van der Waals surface area contributed by atoms with Gasteiger partial charge in [0.05, 0.1) is 17.5 Å². The SMILES string of the molecule is Cc1c(C(=O)N2CCN(S(=O)(=O)N3CCN(C)CC3)CC2)cnn1-c1ccccn1. The van der Waals surface area contributed by atoms with Gasteiger partial charge in [0, 0.05) is 58.6 Å². The Morgan fingerprint density at radius 1 is 0.967 bits per heavy atom. The molecule has 30 heavy (non-hydrogen) atoms. The average Bonchev–Trinajstić information content (AvgIpc) is 3.15. The van der Waals surface area contributed by atoms with Crippen molar-refractivity contribution in [1.29, 1.82) is 0 Å². The molecular weight excluding hydrogens is 406 g/mol. The number of carbonyl (C=O) groups is 1. The van der Waals surface area contributed by atoms with Crippen LogP contribution in [0.15, 0.2) is 30.6 Å². The van der Waals surface area contributed by atoms with Gasteiger partial charge in [0.15, 0.2) is 5.82 Å². The van der Waals surface area contributed by atoms with Crippen molar-refractivity contribution in [3.63, 3.8) is 0 Å². The summed E-state index contributed by atoms with van der Waals surface area (Å²) in [5.41, 5.74) is 1.22. The van der Waals surface area contributed by atoms with E-state index in [9.17, 15) is 13.2 Å². The number of rotatable bonds is 4. The third-order valence-corrected chi connectivity index (χ3v) is 7.78. The summed E-state index contributed by atoms with van der Waals surface area (Å²) in [4.78, 5) is 21.1. The van der Waals surface area contributed by atoms with Crippen molar-refractivity contribution in [1.82, 2.24) is 33.2 Å². The van der Waals surface area contributed by atoms with Crippen molar-refractivity contribution in [3.05, 3.63) is 41.9 Å². The monoisotopic (exact) mass is 433 g/mol. The number of hydrogen-bond acceptors (Lipinski definition) is 6. The second-order valence-corrected chi connectivity index (χ2v) is 9.57. The zero-order chi connectivity index (χ0) is 21.3. The molecule has 0 aromatic carbocycles. The first kappa shape index (κ1) is 20.9. The maximum Gasteiger partial charge on any atom is 0.282 e. The van der Waals surface area contributed by atoms with Gasteiger partial charge < -0.3 is 9.80 Å². The van der Waals surface area contributed by atoms with Crippen molar-refractivity contribution < 1.29 is 13.2 Å². The Morgan fingerprint density at radius 2 is 1.60 bits per heavy atom. The van der Waals surface area contributed by atoms with Crippen molar-refractivity contribution >= 4 is 16.1 Å². The molecule has 0 radical (unpaired) electrons. The number of piperazine rings is 2. The van der Waals surface area contributed by atoms with Crippen LogP contribution in [0.1, 0.15) is 16.1 Å². The van der Waals surface area contributed by atoms with Gasteiger partial charge in [-0.05, 0) is 26.1 Å². The lowest BCUT2D eigenvalue weighted by molar-refractivity contribution is 0.0691. The van der Waals surface area contributed by atoms with Crippen LogP contribution in [0, 0.1) is 6.92 Å². The summed E-state index contributed by atoms with van der Waals surface area (Å²) in [6.07, 6.45) is 3.23. The summed E-state index contributed by atoms with van der Waals surface area (Å²) in [5, 5.41) is 4.31. The zero-order valence-electron chi connectivity index (χ0n) is 17.3. The number of nitrogens with zero attached hydrogens (tertiary/aromatic N) is 7. The molecule has 2 aliphatic rings. The summed E-state index contributed by atoms with van der Waals surface area (Å²) in [6, 6.07) is 5.52. The minimum absolute atomic E-state index is 0.133. The third kappa shape index (κ3) is 3.97. The van der Waals surface area contributed by atoms with Gasteiger partial charge in [0.2, 0.25) is 0 Å². The van der Waals surface area contributed by atoms with E-state index in [0.717, 1.165) is 13.1 Å².